The Labute approximate surface area is 107 Å². The van der Waals surface area contributed by atoms with E-state index in [0.29, 0.717) is 6.04 Å². The molecule has 0 spiro atoms. The van der Waals surface area contributed by atoms with Crippen LogP contribution < -0.4 is 5.32 Å². The maximum absolute atomic E-state index is 11.8. The summed E-state index contributed by atoms with van der Waals surface area (Å²) in [5.41, 5.74) is -0.223. The van der Waals surface area contributed by atoms with Gasteiger partial charge in [-0.25, -0.2) is 9.48 Å². The number of carbonyl (C=O) groups excluding carboxylic acids is 1. The van der Waals surface area contributed by atoms with Gasteiger partial charge in [0.15, 0.2) is 5.69 Å². The highest BCUT2D eigenvalue weighted by Crippen LogP contribution is 2.18. The van der Waals surface area contributed by atoms with Crippen LogP contribution in [-0.2, 0) is 4.74 Å². The molecule has 2 heterocycles. The molecule has 0 amide bonds. The molecule has 0 bridgehead atoms. The zero-order valence-electron chi connectivity index (χ0n) is 11.1. The zero-order valence-corrected chi connectivity index (χ0v) is 11.1. The van der Waals surface area contributed by atoms with E-state index in [0.717, 1.165) is 25.9 Å². The number of nitrogens with zero attached hydrogens (tertiary/aromatic N) is 3. The van der Waals surface area contributed by atoms with Crippen molar-refractivity contribution in [2.24, 2.45) is 0 Å². The topological polar surface area (TPSA) is 69.0 Å². The molecule has 0 unspecified atom stereocenters. The summed E-state index contributed by atoms with van der Waals surface area (Å²) in [4.78, 5) is 11.8. The molecule has 1 N–H and O–H groups in total. The number of ether oxygens (including phenoxy) is 1. The second kappa shape index (κ2) is 5.06. The van der Waals surface area contributed by atoms with Gasteiger partial charge >= 0.3 is 5.97 Å². The van der Waals surface area contributed by atoms with E-state index in [1.54, 1.807) is 10.9 Å². The SMILES string of the molecule is CC(C)(C)OC(=O)c1cn(C2CCNCC2)nn1. The summed E-state index contributed by atoms with van der Waals surface area (Å²) < 4.78 is 7.04. The zero-order chi connectivity index (χ0) is 13.2. The molecule has 0 atom stereocenters. The Bertz CT molecular complexity index is 416. The van der Waals surface area contributed by atoms with Crippen LogP contribution in [0, 0.1) is 0 Å². The molecule has 2 rings (SSSR count). The van der Waals surface area contributed by atoms with Gasteiger partial charge in [0, 0.05) is 0 Å². The fourth-order valence-electron chi connectivity index (χ4n) is 1.95. The van der Waals surface area contributed by atoms with Gasteiger partial charge in [-0.05, 0) is 46.7 Å². The number of rotatable bonds is 2. The third-order valence-electron chi connectivity index (χ3n) is 2.80. The highest BCUT2D eigenvalue weighted by atomic mass is 16.6. The summed E-state index contributed by atoms with van der Waals surface area (Å²) in [5, 5.41) is 11.2. The van der Waals surface area contributed by atoms with Crippen LogP contribution in [0.15, 0.2) is 6.20 Å². The molecule has 0 saturated carbocycles. The van der Waals surface area contributed by atoms with Gasteiger partial charge in [-0.15, -0.1) is 5.10 Å². The van der Waals surface area contributed by atoms with Crippen LogP contribution in [0.5, 0.6) is 0 Å². The number of carbonyl (C=O) groups is 1. The van der Waals surface area contributed by atoms with E-state index in [9.17, 15) is 4.79 Å². The molecule has 1 aliphatic rings. The van der Waals surface area contributed by atoms with Crippen LogP contribution in [0.4, 0.5) is 0 Å². The molecule has 100 valence electrons. The Kier molecular flexibility index (Phi) is 3.65. The normalized spacial score (nSPS) is 17.7. The fraction of sp³-hybridized carbons (Fsp3) is 0.750. The van der Waals surface area contributed by atoms with Gasteiger partial charge in [-0.2, -0.15) is 0 Å². The van der Waals surface area contributed by atoms with Gasteiger partial charge in [-0.3, -0.25) is 0 Å². The minimum atomic E-state index is -0.504. The highest BCUT2D eigenvalue weighted by Gasteiger charge is 2.22. The summed E-state index contributed by atoms with van der Waals surface area (Å²) in [5.74, 6) is -0.414. The van der Waals surface area contributed by atoms with Crippen molar-refractivity contribution in [3.05, 3.63) is 11.9 Å². The standard InChI is InChI=1S/C12H20N4O2/c1-12(2,3)18-11(17)10-8-16(15-14-10)9-4-6-13-7-5-9/h8-9,13H,4-7H2,1-3H3. The Morgan fingerprint density at radius 2 is 2.11 bits per heavy atom. The summed E-state index contributed by atoms with van der Waals surface area (Å²) in [7, 11) is 0. The van der Waals surface area contributed by atoms with E-state index in [2.05, 4.69) is 15.6 Å². The van der Waals surface area contributed by atoms with Gasteiger partial charge in [0.1, 0.15) is 5.60 Å². The third-order valence-corrected chi connectivity index (χ3v) is 2.80. The van der Waals surface area contributed by atoms with E-state index in [1.165, 1.54) is 0 Å². The quantitative estimate of drug-likeness (QED) is 0.800. The predicted molar refractivity (Wildman–Crippen MR) is 66.3 cm³/mol. The molecule has 18 heavy (non-hydrogen) atoms. The summed E-state index contributed by atoms with van der Waals surface area (Å²) >= 11 is 0. The Morgan fingerprint density at radius 1 is 1.44 bits per heavy atom. The van der Waals surface area contributed by atoms with E-state index in [4.69, 9.17) is 4.74 Å². The van der Waals surface area contributed by atoms with Crippen molar-refractivity contribution >= 4 is 5.97 Å². The monoisotopic (exact) mass is 252 g/mol. The maximum atomic E-state index is 11.8. The van der Waals surface area contributed by atoms with Crippen molar-refractivity contribution in [3.63, 3.8) is 0 Å². The van der Waals surface area contributed by atoms with E-state index in [1.807, 2.05) is 20.8 Å². The van der Waals surface area contributed by atoms with Crippen LogP contribution in [-0.4, -0.2) is 39.7 Å². The number of hydrogen-bond acceptors (Lipinski definition) is 5. The summed E-state index contributed by atoms with van der Waals surface area (Å²) in [6, 6.07) is 0.329. The average Bonchev–Trinajstić information content (AvgIpc) is 2.77. The highest BCUT2D eigenvalue weighted by molar-refractivity contribution is 5.87. The lowest BCUT2D eigenvalue weighted by molar-refractivity contribution is 0.00627. The molecule has 0 radical (unpaired) electrons. The van der Waals surface area contributed by atoms with Crippen LogP contribution in [0.1, 0.15) is 50.1 Å². The van der Waals surface area contributed by atoms with Gasteiger partial charge in [-0.1, -0.05) is 5.21 Å². The maximum Gasteiger partial charge on any atom is 0.361 e. The van der Waals surface area contributed by atoms with Gasteiger partial charge in [0.05, 0.1) is 12.2 Å². The molecule has 1 aromatic heterocycles. The Morgan fingerprint density at radius 3 is 2.72 bits per heavy atom. The minimum Gasteiger partial charge on any atom is -0.455 e. The molecule has 6 nitrogen and oxygen atoms in total. The summed E-state index contributed by atoms with van der Waals surface area (Å²) in [6.07, 6.45) is 3.71. The molecular formula is C12H20N4O2. The van der Waals surface area contributed by atoms with Crippen molar-refractivity contribution in [2.75, 3.05) is 13.1 Å². The number of esters is 1. The van der Waals surface area contributed by atoms with Crippen LogP contribution in [0.3, 0.4) is 0 Å². The third kappa shape index (κ3) is 3.29. The lowest BCUT2D eigenvalue weighted by atomic mass is 10.1. The average molecular weight is 252 g/mol. The fourth-order valence-corrected chi connectivity index (χ4v) is 1.95. The second-order valence-electron chi connectivity index (χ2n) is 5.57. The summed E-state index contributed by atoms with van der Waals surface area (Å²) in [6.45, 7) is 7.46. The van der Waals surface area contributed by atoms with E-state index < -0.39 is 11.6 Å². The molecule has 0 aromatic carbocycles. The molecule has 6 heteroatoms. The van der Waals surface area contributed by atoms with Gasteiger partial charge in [0.2, 0.25) is 0 Å². The smallest absolute Gasteiger partial charge is 0.361 e. The molecule has 1 aliphatic heterocycles. The molecule has 0 aliphatic carbocycles. The first-order valence-corrected chi connectivity index (χ1v) is 6.31. The van der Waals surface area contributed by atoms with Crippen LogP contribution in [0.25, 0.3) is 0 Å². The van der Waals surface area contributed by atoms with Crippen molar-refractivity contribution < 1.29 is 9.53 Å². The van der Waals surface area contributed by atoms with Crippen molar-refractivity contribution in [1.29, 1.82) is 0 Å². The number of piperidine rings is 1. The molecular weight excluding hydrogens is 232 g/mol. The number of hydrogen-bond donors (Lipinski definition) is 1. The second-order valence-corrected chi connectivity index (χ2v) is 5.57. The van der Waals surface area contributed by atoms with Crippen molar-refractivity contribution in [1.82, 2.24) is 20.3 Å². The van der Waals surface area contributed by atoms with Crippen LogP contribution in [0.2, 0.25) is 0 Å². The van der Waals surface area contributed by atoms with Gasteiger partial charge < -0.3 is 10.1 Å². The lowest BCUT2D eigenvalue weighted by Gasteiger charge is -2.22. The van der Waals surface area contributed by atoms with E-state index >= 15 is 0 Å². The first kappa shape index (κ1) is 13.0. The molecule has 1 aromatic rings. The van der Waals surface area contributed by atoms with Crippen LogP contribution >= 0.6 is 0 Å². The number of aromatic nitrogens is 3. The molecule has 1 saturated heterocycles. The molecule has 1 fully saturated rings. The number of nitrogens with one attached hydrogen (secondary N) is 1. The Hall–Kier alpha value is -1.43. The van der Waals surface area contributed by atoms with Gasteiger partial charge in [0.25, 0.3) is 0 Å². The predicted octanol–water partition coefficient (Wildman–Crippen LogP) is 1.16. The lowest BCUT2D eigenvalue weighted by Crippen LogP contribution is -2.29. The Balaban J connectivity index is 2.03. The first-order valence-electron chi connectivity index (χ1n) is 6.31. The van der Waals surface area contributed by atoms with E-state index in [-0.39, 0.29) is 5.69 Å². The first-order chi connectivity index (χ1) is 8.46. The minimum absolute atomic E-state index is 0.281. The van der Waals surface area contributed by atoms with Crippen molar-refractivity contribution in [2.45, 2.75) is 45.3 Å². The largest absolute Gasteiger partial charge is 0.455 e. The van der Waals surface area contributed by atoms with Crippen molar-refractivity contribution in [3.8, 4) is 0 Å².